The second-order valence-electron chi connectivity index (χ2n) is 4.48. The lowest BCUT2D eigenvalue weighted by atomic mass is 9.89. The molecule has 0 amide bonds. The highest BCUT2D eigenvalue weighted by Gasteiger charge is 2.20. The van der Waals surface area contributed by atoms with Crippen molar-refractivity contribution in [2.75, 3.05) is 0 Å². The van der Waals surface area contributed by atoms with E-state index in [1.54, 1.807) is 0 Å². The zero-order valence-corrected chi connectivity index (χ0v) is 9.02. The average molecular weight is 199 g/mol. The Morgan fingerprint density at radius 1 is 1.20 bits per heavy atom. The van der Waals surface area contributed by atoms with Crippen LogP contribution in [0.5, 0.6) is 0 Å². The van der Waals surface area contributed by atoms with Gasteiger partial charge in [0.15, 0.2) is 0 Å². The van der Waals surface area contributed by atoms with Gasteiger partial charge < -0.3 is 0 Å². The summed E-state index contributed by atoms with van der Waals surface area (Å²) < 4.78 is 0. The second kappa shape index (κ2) is 4.98. The Hall–Kier alpha value is -1.29. The third-order valence-electron chi connectivity index (χ3n) is 3.40. The van der Waals surface area contributed by atoms with Gasteiger partial charge in [-0.3, -0.25) is 0 Å². The van der Waals surface area contributed by atoms with Crippen molar-refractivity contribution in [3.05, 3.63) is 35.9 Å². The predicted molar refractivity (Wildman–Crippen MR) is 61.4 cm³/mol. The minimum Gasteiger partial charge on any atom is -0.198 e. The molecule has 1 saturated carbocycles. The maximum atomic E-state index is 9.19. The van der Waals surface area contributed by atoms with Crippen molar-refractivity contribution in [1.82, 2.24) is 0 Å². The van der Waals surface area contributed by atoms with Crippen molar-refractivity contribution < 1.29 is 0 Å². The molecule has 0 aromatic heterocycles. The first-order valence-corrected chi connectivity index (χ1v) is 5.84. The maximum absolute atomic E-state index is 9.19. The fourth-order valence-corrected chi connectivity index (χ4v) is 2.53. The highest BCUT2D eigenvalue weighted by atomic mass is 14.3. The van der Waals surface area contributed by atoms with Crippen LogP contribution in [0.2, 0.25) is 0 Å². The second-order valence-corrected chi connectivity index (χ2v) is 4.48. The van der Waals surface area contributed by atoms with E-state index in [1.807, 2.05) is 18.2 Å². The number of nitrogens with zero attached hydrogens (tertiary/aromatic N) is 1. The van der Waals surface area contributed by atoms with Gasteiger partial charge in [-0.2, -0.15) is 5.26 Å². The number of benzene rings is 1. The van der Waals surface area contributed by atoms with Gasteiger partial charge in [-0.05, 0) is 17.9 Å². The van der Waals surface area contributed by atoms with Crippen LogP contribution in [0.4, 0.5) is 0 Å². The molecular weight excluding hydrogens is 182 g/mol. The Bertz CT molecular complexity index is 330. The molecule has 78 valence electrons. The van der Waals surface area contributed by atoms with Crippen LogP contribution in [0.25, 0.3) is 0 Å². The minimum absolute atomic E-state index is 0.106. The molecule has 1 aliphatic rings. The van der Waals surface area contributed by atoms with E-state index in [1.165, 1.54) is 31.2 Å². The Balaban J connectivity index is 2.02. The minimum atomic E-state index is 0.106. The van der Waals surface area contributed by atoms with Gasteiger partial charge in [0.25, 0.3) is 0 Å². The van der Waals surface area contributed by atoms with E-state index in [2.05, 4.69) is 18.2 Å². The molecule has 0 N–H and O–H groups in total. The fraction of sp³-hybridized carbons (Fsp3) is 0.500. The van der Waals surface area contributed by atoms with Crippen LogP contribution in [-0.4, -0.2) is 0 Å². The van der Waals surface area contributed by atoms with Gasteiger partial charge in [0.05, 0.1) is 12.0 Å². The molecule has 1 heteroatoms. The van der Waals surface area contributed by atoms with Crippen LogP contribution in [0.3, 0.4) is 0 Å². The van der Waals surface area contributed by atoms with Crippen molar-refractivity contribution in [3.63, 3.8) is 0 Å². The lowest BCUT2D eigenvalue weighted by Gasteiger charge is -2.14. The summed E-state index contributed by atoms with van der Waals surface area (Å²) in [5, 5.41) is 9.19. The molecular formula is C14H17N. The largest absolute Gasteiger partial charge is 0.198 e. The van der Waals surface area contributed by atoms with Crippen molar-refractivity contribution in [2.45, 2.75) is 38.0 Å². The van der Waals surface area contributed by atoms with E-state index in [-0.39, 0.29) is 5.92 Å². The number of rotatable bonds is 3. The predicted octanol–water partition coefficient (Wildman–Crippen LogP) is 3.87. The molecule has 15 heavy (non-hydrogen) atoms. The highest BCUT2D eigenvalue weighted by molar-refractivity contribution is 5.24. The molecule has 1 nitrogen and oxygen atoms in total. The van der Waals surface area contributed by atoms with Gasteiger partial charge in [0, 0.05) is 0 Å². The van der Waals surface area contributed by atoms with Crippen LogP contribution in [0, 0.1) is 17.2 Å². The highest BCUT2D eigenvalue weighted by Crippen LogP contribution is 2.33. The van der Waals surface area contributed by atoms with Gasteiger partial charge in [-0.15, -0.1) is 0 Å². The molecule has 0 spiro atoms. The summed E-state index contributed by atoms with van der Waals surface area (Å²) in [6.45, 7) is 0. The van der Waals surface area contributed by atoms with Crippen LogP contribution < -0.4 is 0 Å². The summed E-state index contributed by atoms with van der Waals surface area (Å²) >= 11 is 0. The van der Waals surface area contributed by atoms with Gasteiger partial charge in [0.2, 0.25) is 0 Å². The molecule has 0 heterocycles. The third-order valence-corrected chi connectivity index (χ3v) is 3.40. The molecule has 1 aromatic carbocycles. The normalized spacial score (nSPS) is 18.6. The zero-order chi connectivity index (χ0) is 10.5. The summed E-state index contributed by atoms with van der Waals surface area (Å²) in [5.41, 5.74) is 1.19. The van der Waals surface area contributed by atoms with Gasteiger partial charge in [0.1, 0.15) is 0 Å². The summed E-state index contributed by atoms with van der Waals surface area (Å²) in [5.74, 6) is 0.893. The topological polar surface area (TPSA) is 23.8 Å². The van der Waals surface area contributed by atoms with Gasteiger partial charge in [-0.1, -0.05) is 56.0 Å². The average Bonchev–Trinajstić information content (AvgIpc) is 2.80. The van der Waals surface area contributed by atoms with E-state index in [4.69, 9.17) is 0 Å². The van der Waals surface area contributed by atoms with E-state index in [0.29, 0.717) is 0 Å². The smallest absolute Gasteiger partial charge is 0.0715 e. The Labute approximate surface area is 91.7 Å². The lowest BCUT2D eigenvalue weighted by molar-refractivity contribution is 0.482. The number of hydrogen-bond acceptors (Lipinski definition) is 1. The van der Waals surface area contributed by atoms with E-state index < -0.39 is 0 Å². The Morgan fingerprint density at radius 3 is 2.47 bits per heavy atom. The first-order valence-electron chi connectivity index (χ1n) is 5.84. The van der Waals surface area contributed by atoms with E-state index in [0.717, 1.165) is 12.3 Å². The van der Waals surface area contributed by atoms with Gasteiger partial charge >= 0.3 is 0 Å². The molecule has 1 aromatic rings. The lowest BCUT2D eigenvalue weighted by Crippen LogP contribution is -2.02. The van der Waals surface area contributed by atoms with Gasteiger partial charge in [-0.25, -0.2) is 0 Å². The molecule has 1 aliphatic carbocycles. The molecule has 0 bridgehead atoms. The molecule has 2 rings (SSSR count). The Kier molecular flexibility index (Phi) is 3.40. The third kappa shape index (κ3) is 2.59. The summed E-state index contributed by atoms with van der Waals surface area (Å²) in [4.78, 5) is 0. The van der Waals surface area contributed by atoms with Crippen LogP contribution in [0.15, 0.2) is 30.3 Å². The monoisotopic (exact) mass is 199 g/mol. The van der Waals surface area contributed by atoms with Crippen LogP contribution >= 0.6 is 0 Å². The molecule has 0 unspecified atom stereocenters. The van der Waals surface area contributed by atoms with Crippen molar-refractivity contribution in [3.8, 4) is 6.07 Å². The fourth-order valence-electron chi connectivity index (χ4n) is 2.53. The summed E-state index contributed by atoms with van der Waals surface area (Å²) in [6, 6.07) is 12.6. The number of nitriles is 1. The van der Waals surface area contributed by atoms with Crippen molar-refractivity contribution >= 4 is 0 Å². The van der Waals surface area contributed by atoms with Crippen LogP contribution in [0.1, 0.15) is 43.6 Å². The first kappa shape index (κ1) is 10.2. The molecule has 1 fully saturated rings. The van der Waals surface area contributed by atoms with E-state index >= 15 is 0 Å². The Morgan fingerprint density at radius 2 is 1.87 bits per heavy atom. The number of hydrogen-bond donors (Lipinski definition) is 0. The standard InChI is InChI=1S/C14H17N/c15-11-14(10-12-6-4-5-7-12)13-8-2-1-3-9-13/h1-3,8-9,12,14H,4-7,10H2/t14-/m0/s1. The molecule has 0 radical (unpaired) electrons. The van der Waals surface area contributed by atoms with Crippen molar-refractivity contribution in [2.24, 2.45) is 5.92 Å². The van der Waals surface area contributed by atoms with E-state index in [9.17, 15) is 5.26 Å². The molecule has 0 saturated heterocycles. The van der Waals surface area contributed by atoms with Crippen molar-refractivity contribution in [1.29, 1.82) is 5.26 Å². The first-order chi connectivity index (χ1) is 7.40. The summed E-state index contributed by atoms with van der Waals surface area (Å²) in [6.07, 6.45) is 6.42. The molecule has 1 atom stereocenters. The maximum Gasteiger partial charge on any atom is 0.0715 e. The SMILES string of the molecule is N#C[C@H](CC1CCCC1)c1ccccc1. The van der Waals surface area contributed by atoms with Crippen LogP contribution in [-0.2, 0) is 0 Å². The zero-order valence-electron chi connectivity index (χ0n) is 9.02. The summed E-state index contributed by atoms with van der Waals surface area (Å²) in [7, 11) is 0. The quantitative estimate of drug-likeness (QED) is 0.724. The molecule has 0 aliphatic heterocycles.